The van der Waals surface area contributed by atoms with E-state index in [0.717, 1.165) is 19.4 Å². The number of aromatic nitrogens is 2. The molecule has 0 aliphatic carbocycles. The first-order valence-corrected chi connectivity index (χ1v) is 9.16. The molecule has 0 bridgehead atoms. The molecule has 2 aliphatic heterocycles. The van der Waals surface area contributed by atoms with Crippen LogP contribution in [0.25, 0.3) is 0 Å². The summed E-state index contributed by atoms with van der Waals surface area (Å²) in [4.78, 5) is 15.3. The zero-order chi connectivity index (χ0) is 17.2. The molecule has 0 radical (unpaired) electrons. The van der Waals surface area contributed by atoms with Crippen molar-refractivity contribution in [3.63, 3.8) is 0 Å². The fraction of sp³-hybridized carbons (Fsp3) is 0.526. The van der Waals surface area contributed by atoms with Crippen LogP contribution < -0.4 is 5.32 Å². The van der Waals surface area contributed by atoms with E-state index >= 15 is 0 Å². The van der Waals surface area contributed by atoms with Gasteiger partial charge in [-0.05, 0) is 31.4 Å². The summed E-state index contributed by atoms with van der Waals surface area (Å²) in [5.74, 6) is 1.22. The third kappa shape index (κ3) is 3.18. The minimum atomic E-state index is 0.0290. The number of fused-ring (bicyclic) bond motifs is 1. The van der Waals surface area contributed by atoms with Crippen molar-refractivity contribution in [2.75, 3.05) is 6.54 Å². The first-order valence-electron chi connectivity index (χ1n) is 9.16. The van der Waals surface area contributed by atoms with Crippen molar-refractivity contribution in [1.29, 1.82) is 0 Å². The van der Waals surface area contributed by atoms with Crippen molar-refractivity contribution >= 4 is 5.91 Å². The largest absolute Gasteiger partial charge is 0.423 e. The molecule has 0 saturated carbocycles. The van der Waals surface area contributed by atoms with Gasteiger partial charge in [0.2, 0.25) is 17.7 Å². The molecule has 1 aromatic heterocycles. The van der Waals surface area contributed by atoms with E-state index in [1.807, 2.05) is 13.0 Å². The smallest absolute Gasteiger partial charge is 0.235 e. The van der Waals surface area contributed by atoms with Crippen LogP contribution >= 0.6 is 0 Å². The number of amides is 1. The van der Waals surface area contributed by atoms with Crippen LogP contribution in [0.1, 0.15) is 49.6 Å². The van der Waals surface area contributed by atoms with E-state index in [9.17, 15) is 4.79 Å². The Hall–Kier alpha value is -2.21. The van der Waals surface area contributed by atoms with Gasteiger partial charge in [-0.1, -0.05) is 37.3 Å². The molecule has 3 atom stereocenters. The molecular weight excluding hydrogens is 316 g/mol. The van der Waals surface area contributed by atoms with Crippen LogP contribution in [0.15, 0.2) is 34.7 Å². The summed E-state index contributed by atoms with van der Waals surface area (Å²) in [6.45, 7) is 3.36. The highest BCUT2D eigenvalue weighted by molar-refractivity contribution is 5.80. The van der Waals surface area contributed by atoms with Crippen LogP contribution in [-0.2, 0) is 17.8 Å². The van der Waals surface area contributed by atoms with Crippen LogP contribution in [-0.4, -0.2) is 33.6 Å². The first-order chi connectivity index (χ1) is 12.3. The number of hydrogen-bond donors (Lipinski definition) is 1. The average Bonchev–Trinajstić information content (AvgIpc) is 3.36. The van der Waals surface area contributed by atoms with E-state index in [0.29, 0.717) is 36.8 Å². The van der Waals surface area contributed by atoms with E-state index < -0.39 is 0 Å². The molecular formula is C19H24N4O2. The van der Waals surface area contributed by atoms with Gasteiger partial charge in [0.1, 0.15) is 0 Å². The van der Waals surface area contributed by atoms with Gasteiger partial charge < -0.3 is 9.73 Å². The van der Waals surface area contributed by atoms with Gasteiger partial charge in [-0.15, -0.1) is 10.2 Å². The van der Waals surface area contributed by atoms with E-state index in [4.69, 9.17) is 4.42 Å². The minimum Gasteiger partial charge on any atom is -0.423 e. The minimum absolute atomic E-state index is 0.0290. The van der Waals surface area contributed by atoms with E-state index in [1.165, 1.54) is 12.0 Å². The lowest BCUT2D eigenvalue weighted by atomic mass is 9.93. The van der Waals surface area contributed by atoms with Gasteiger partial charge in [-0.25, -0.2) is 0 Å². The number of aryl methyl sites for hydroxylation is 1. The van der Waals surface area contributed by atoms with Crippen molar-refractivity contribution in [2.24, 2.45) is 5.92 Å². The summed E-state index contributed by atoms with van der Waals surface area (Å²) < 4.78 is 5.48. The number of nitrogens with one attached hydrogen (secondary N) is 1. The number of rotatable bonds is 5. The quantitative estimate of drug-likeness (QED) is 0.905. The zero-order valence-corrected chi connectivity index (χ0v) is 14.5. The average molecular weight is 340 g/mol. The second-order valence-corrected chi connectivity index (χ2v) is 6.88. The van der Waals surface area contributed by atoms with Crippen molar-refractivity contribution in [3.8, 4) is 0 Å². The molecule has 0 spiro atoms. The topological polar surface area (TPSA) is 71.3 Å². The summed E-state index contributed by atoms with van der Waals surface area (Å²) in [6, 6.07) is 11.2. The summed E-state index contributed by atoms with van der Waals surface area (Å²) in [5, 5.41) is 10.9. The fourth-order valence-electron chi connectivity index (χ4n) is 4.25. The maximum Gasteiger partial charge on any atom is 0.235 e. The molecule has 132 valence electrons. The maximum absolute atomic E-state index is 12.8. The van der Waals surface area contributed by atoms with Crippen LogP contribution in [0.4, 0.5) is 0 Å². The Bertz CT molecular complexity index is 730. The highest BCUT2D eigenvalue weighted by Crippen LogP contribution is 2.44. The molecule has 2 aromatic rings. The van der Waals surface area contributed by atoms with Crippen LogP contribution in [0.2, 0.25) is 0 Å². The lowest BCUT2D eigenvalue weighted by Gasteiger charge is -2.24. The third-order valence-electron chi connectivity index (χ3n) is 5.43. The second kappa shape index (κ2) is 6.96. The second-order valence-electron chi connectivity index (χ2n) is 6.88. The van der Waals surface area contributed by atoms with Crippen molar-refractivity contribution in [2.45, 2.75) is 51.2 Å². The third-order valence-corrected chi connectivity index (χ3v) is 5.43. The Morgan fingerprint density at radius 1 is 1.28 bits per heavy atom. The molecule has 1 amide bonds. The Morgan fingerprint density at radius 3 is 2.84 bits per heavy atom. The molecule has 2 fully saturated rings. The van der Waals surface area contributed by atoms with Crippen LogP contribution in [0, 0.1) is 5.92 Å². The fourth-order valence-corrected chi connectivity index (χ4v) is 4.25. The lowest BCUT2D eigenvalue weighted by molar-refractivity contribution is -0.125. The van der Waals surface area contributed by atoms with Gasteiger partial charge in [-0.2, -0.15) is 0 Å². The molecule has 6 nitrogen and oxygen atoms in total. The lowest BCUT2D eigenvalue weighted by Crippen LogP contribution is -2.37. The summed E-state index contributed by atoms with van der Waals surface area (Å²) in [6.07, 6.45) is 3.85. The van der Waals surface area contributed by atoms with Gasteiger partial charge in [-0.3, -0.25) is 9.69 Å². The normalized spacial score (nSPS) is 25.9. The molecule has 3 heterocycles. The zero-order valence-electron chi connectivity index (χ0n) is 14.5. The number of benzene rings is 1. The number of carbonyl (C=O) groups excluding carboxylic acids is 1. The molecule has 0 unspecified atom stereocenters. The molecule has 25 heavy (non-hydrogen) atoms. The first kappa shape index (κ1) is 16.3. The Kier molecular flexibility index (Phi) is 4.53. The highest BCUT2D eigenvalue weighted by atomic mass is 16.4. The number of nitrogens with zero attached hydrogens (tertiary/aromatic N) is 3. The Morgan fingerprint density at radius 2 is 2.08 bits per heavy atom. The maximum atomic E-state index is 12.8. The Labute approximate surface area is 147 Å². The summed E-state index contributed by atoms with van der Waals surface area (Å²) in [5.41, 5.74) is 1.31. The monoisotopic (exact) mass is 340 g/mol. The molecule has 1 N–H and O–H groups in total. The van der Waals surface area contributed by atoms with Gasteiger partial charge in [0.15, 0.2) is 0 Å². The molecule has 2 aliphatic rings. The SMILES string of the molecule is CCc1nnc(CNC(=O)[C@H]2C[C@@H](c3ccccc3)N3CCC[C@H]23)o1. The van der Waals surface area contributed by atoms with Gasteiger partial charge in [0.25, 0.3) is 0 Å². The molecule has 4 rings (SSSR count). The van der Waals surface area contributed by atoms with E-state index in [-0.39, 0.29) is 11.8 Å². The molecule has 2 saturated heterocycles. The van der Waals surface area contributed by atoms with Gasteiger partial charge >= 0.3 is 0 Å². The van der Waals surface area contributed by atoms with E-state index in [2.05, 4.69) is 44.7 Å². The van der Waals surface area contributed by atoms with Crippen molar-refractivity contribution in [3.05, 3.63) is 47.7 Å². The highest BCUT2D eigenvalue weighted by Gasteiger charge is 2.46. The van der Waals surface area contributed by atoms with Gasteiger partial charge in [0.05, 0.1) is 12.5 Å². The molecule has 6 heteroatoms. The van der Waals surface area contributed by atoms with Crippen LogP contribution in [0.5, 0.6) is 0 Å². The van der Waals surface area contributed by atoms with Crippen LogP contribution in [0.3, 0.4) is 0 Å². The number of carbonyl (C=O) groups is 1. The van der Waals surface area contributed by atoms with E-state index in [1.54, 1.807) is 0 Å². The number of hydrogen-bond acceptors (Lipinski definition) is 5. The predicted octanol–water partition coefficient (Wildman–Crippen LogP) is 2.47. The van der Waals surface area contributed by atoms with Gasteiger partial charge in [0, 0.05) is 18.5 Å². The molecule has 1 aromatic carbocycles. The van der Waals surface area contributed by atoms with Crippen molar-refractivity contribution in [1.82, 2.24) is 20.4 Å². The summed E-state index contributed by atoms with van der Waals surface area (Å²) in [7, 11) is 0. The predicted molar refractivity (Wildman–Crippen MR) is 92.5 cm³/mol. The standard InChI is InChI=1S/C19H24N4O2/c1-2-17-21-22-18(25-17)12-20-19(24)14-11-16(13-7-4-3-5-8-13)23-10-6-9-15(14)23/h3-5,7-8,14-16H,2,6,9-12H2,1H3,(H,20,24)/t14-,15+,16-/m0/s1. The van der Waals surface area contributed by atoms with Crippen molar-refractivity contribution < 1.29 is 9.21 Å². The Balaban J connectivity index is 1.43. The summed E-state index contributed by atoms with van der Waals surface area (Å²) >= 11 is 0.